The van der Waals surface area contributed by atoms with Crippen molar-refractivity contribution >= 4 is 29.5 Å². The molecule has 2 aliphatic rings. The summed E-state index contributed by atoms with van der Waals surface area (Å²) in [6, 6.07) is 4.37. The maximum Gasteiger partial charge on any atom is 0.416 e. The van der Waals surface area contributed by atoms with Crippen molar-refractivity contribution < 1.29 is 28.2 Å². The molecule has 10 heteroatoms. The van der Waals surface area contributed by atoms with Crippen LogP contribution in [0.3, 0.4) is 0 Å². The second kappa shape index (κ2) is 8.14. The molecule has 2 saturated heterocycles. The minimum Gasteiger partial charge on any atom is -0.453 e. The second-order valence-corrected chi connectivity index (χ2v) is 7.34. The van der Waals surface area contributed by atoms with Crippen LogP contribution in [0.2, 0.25) is 0 Å². The van der Waals surface area contributed by atoms with Crippen molar-refractivity contribution in [3.63, 3.8) is 0 Å². The Morgan fingerprint density at radius 2 is 2.03 bits per heavy atom. The van der Waals surface area contributed by atoms with Gasteiger partial charge in [0.05, 0.1) is 31.1 Å². The zero-order chi connectivity index (χ0) is 21.3. The van der Waals surface area contributed by atoms with Crippen molar-refractivity contribution in [1.82, 2.24) is 10.2 Å². The van der Waals surface area contributed by atoms with Gasteiger partial charge >= 0.3 is 12.2 Å². The number of amides is 3. The SMILES string of the molecule is COC(=O)N[C@@H]1CN(c2ccc(N3CC(N(C)C(C)=O)OC3=O)cc2F)C[C@H]1C. The molecule has 3 atom stereocenters. The van der Waals surface area contributed by atoms with Crippen molar-refractivity contribution in [2.75, 3.05) is 43.6 Å². The summed E-state index contributed by atoms with van der Waals surface area (Å²) in [5.41, 5.74) is 0.743. The fourth-order valence-corrected chi connectivity index (χ4v) is 3.54. The van der Waals surface area contributed by atoms with Crippen LogP contribution in [0.5, 0.6) is 0 Å². The van der Waals surface area contributed by atoms with E-state index < -0.39 is 24.2 Å². The highest BCUT2D eigenvalue weighted by atomic mass is 19.1. The van der Waals surface area contributed by atoms with Crippen LogP contribution in [0.15, 0.2) is 18.2 Å². The number of carbonyl (C=O) groups is 3. The Morgan fingerprint density at radius 1 is 1.31 bits per heavy atom. The standard InChI is InChI=1S/C19H25FN4O5/c1-11-8-23(9-15(11)21-18(26)28-4)16-6-5-13(7-14(16)20)24-10-17(29-19(24)27)22(3)12(2)25/h5-7,11,15,17H,8-10H2,1-4H3,(H,21,26)/t11-,15-,17?/m1/s1. The van der Waals surface area contributed by atoms with E-state index in [4.69, 9.17) is 4.74 Å². The van der Waals surface area contributed by atoms with Crippen LogP contribution < -0.4 is 15.1 Å². The van der Waals surface area contributed by atoms with Crippen LogP contribution in [0.25, 0.3) is 0 Å². The molecule has 158 valence electrons. The number of hydrogen-bond acceptors (Lipinski definition) is 6. The number of methoxy groups -OCH3 is 1. The number of ether oxygens (including phenoxy) is 2. The Bertz CT molecular complexity index is 820. The third-order valence-corrected chi connectivity index (χ3v) is 5.41. The molecule has 0 aromatic heterocycles. The summed E-state index contributed by atoms with van der Waals surface area (Å²) >= 11 is 0. The molecule has 2 fully saturated rings. The Hall–Kier alpha value is -3.04. The lowest BCUT2D eigenvalue weighted by molar-refractivity contribution is -0.134. The predicted octanol–water partition coefficient (Wildman–Crippen LogP) is 1.77. The van der Waals surface area contributed by atoms with Gasteiger partial charge in [0.15, 0.2) is 6.23 Å². The molecule has 0 radical (unpaired) electrons. The van der Waals surface area contributed by atoms with Crippen molar-refractivity contribution in [2.24, 2.45) is 5.92 Å². The minimum absolute atomic E-state index is 0.115. The lowest BCUT2D eigenvalue weighted by atomic mass is 10.1. The van der Waals surface area contributed by atoms with E-state index >= 15 is 0 Å². The largest absolute Gasteiger partial charge is 0.453 e. The molecule has 0 spiro atoms. The number of nitrogens with one attached hydrogen (secondary N) is 1. The Kier molecular flexibility index (Phi) is 5.81. The Balaban J connectivity index is 1.72. The third kappa shape index (κ3) is 4.20. The molecule has 0 saturated carbocycles. The Morgan fingerprint density at radius 3 is 2.66 bits per heavy atom. The van der Waals surface area contributed by atoms with Gasteiger partial charge in [-0.25, -0.2) is 14.0 Å². The van der Waals surface area contributed by atoms with Crippen LogP contribution in [-0.2, 0) is 14.3 Å². The van der Waals surface area contributed by atoms with Crippen LogP contribution in [0.4, 0.5) is 25.4 Å². The number of rotatable bonds is 4. The first kappa shape index (κ1) is 20.7. The van der Waals surface area contributed by atoms with Crippen molar-refractivity contribution in [3.05, 3.63) is 24.0 Å². The van der Waals surface area contributed by atoms with Gasteiger partial charge in [-0.05, 0) is 24.1 Å². The molecule has 1 aromatic rings. The van der Waals surface area contributed by atoms with E-state index in [1.54, 1.807) is 19.2 Å². The van der Waals surface area contributed by atoms with Gasteiger partial charge in [0.25, 0.3) is 0 Å². The molecule has 29 heavy (non-hydrogen) atoms. The van der Waals surface area contributed by atoms with Gasteiger partial charge in [0.2, 0.25) is 5.91 Å². The molecule has 9 nitrogen and oxygen atoms in total. The number of nitrogens with zero attached hydrogens (tertiary/aromatic N) is 3. The van der Waals surface area contributed by atoms with Crippen LogP contribution in [-0.4, -0.2) is 69.1 Å². The summed E-state index contributed by atoms with van der Waals surface area (Å²) in [4.78, 5) is 39.6. The average Bonchev–Trinajstić information content (AvgIpc) is 3.23. The highest BCUT2D eigenvalue weighted by molar-refractivity contribution is 5.90. The van der Waals surface area contributed by atoms with Gasteiger partial charge in [-0.3, -0.25) is 9.69 Å². The number of carbonyl (C=O) groups excluding carboxylic acids is 3. The second-order valence-electron chi connectivity index (χ2n) is 7.34. The maximum absolute atomic E-state index is 14.9. The number of anilines is 2. The predicted molar refractivity (Wildman–Crippen MR) is 103 cm³/mol. The number of hydrogen-bond donors (Lipinski definition) is 1. The van der Waals surface area contributed by atoms with Gasteiger partial charge in [-0.2, -0.15) is 0 Å². The van der Waals surface area contributed by atoms with E-state index in [2.05, 4.69) is 10.1 Å². The highest BCUT2D eigenvalue weighted by Gasteiger charge is 2.37. The number of cyclic esters (lactones) is 1. The summed E-state index contributed by atoms with van der Waals surface area (Å²) in [5, 5.41) is 2.76. The van der Waals surface area contributed by atoms with E-state index in [0.717, 1.165) is 0 Å². The molecule has 0 aliphatic carbocycles. The topological polar surface area (TPSA) is 91.4 Å². The summed E-state index contributed by atoms with van der Waals surface area (Å²) in [5.74, 6) is -0.598. The molecule has 1 N–H and O–H groups in total. The molecule has 2 heterocycles. The molecule has 1 aromatic carbocycles. The number of alkyl carbamates (subject to hydrolysis) is 1. The lowest BCUT2D eigenvalue weighted by Gasteiger charge is -2.22. The fraction of sp³-hybridized carbons (Fsp3) is 0.526. The van der Waals surface area contributed by atoms with Crippen LogP contribution in [0.1, 0.15) is 13.8 Å². The zero-order valence-corrected chi connectivity index (χ0v) is 16.8. The van der Waals surface area contributed by atoms with Gasteiger partial charge in [0, 0.05) is 27.1 Å². The molecule has 3 amide bonds. The smallest absolute Gasteiger partial charge is 0.416 e. The summed E-state index contributed by atoms with van der Waals surface area (Å²) in [6.07, 6.45) is -1.86. The molecule has 0 bridgehead atoms. The quantitative estimate of drug-likeness (QED) is 0.817. The van der Waals surface area contributed by atoms with E-state index in [1.165, 1.54) is 29.9 Å². The first-order chi connectivity index (χ1) is 13.7. The number of halogens is 1. The minimum atomic E-state index is -0.715. The average molecular weight is 408 g/mol. The van der Waals surface area contributed by atoms with Crippen LogP contribution in [0, 0.1) is 11.7 Å². The summed E-state index contributed by atoms with van der Waals surface area (Å²) in [7, 11) is 2.84. The molecule has 2 aliphatic heterocycles. The summed E-state index contributed by atoms with van der Waals surface area (Å²) < 4.78 is 24.7. The van der Waals surface area contributed by atoms with E-state index in [-0.39, 0.29) is 24.4 Å². The van der Waals surface area contributed by atoms with E-state index in [1.807, 2.05) is 11.8 Å². The van der Waals surface area contributed by atoms with Gasteiger partial charge in [-0.1, -0.05) is 6.92 Å². The number of benzene rings is 1. The van der Waals surface area contributed by atoms with Crippen molar-refractivity contribution in [1.29, 1.82) is 0 Å². The van der Waals surface area contributed by atoms with Gasteiger partial charge in [-0.15, -0.1) is 0 Å². The molecule has 1 unspecified atom stereocenters. The number of likely N-dealkylation sites (N-methyl/N-ethyl adjacent to an activating group) is 1. The molecule has 3 rings (SSSR count). The zero-order valence-electron chi connectivity index (χ0n) is 16.8. The van der Waals surface area contributed by atoms with Crippen molar-refractivity contribution in [3.8, 4) is 0 Å². The monoisotopic (exact) mass is 408 g/mol. The van der Waals surface area contributed by atoms with Crippen molar-refractivity contribution in [2.45, 2.75) is 26.1 Å². The Labute approximate surface area is 168 Å². The molecular weight excluding hydrogens is 383 g/mol. The lowest BCUT2D eigenvalue weighted by Crippen LogP contribution is -2.39. The van der Waals surface area contributed by atoms with Crippen LogP contribution >= 0.6 is 0 Å². The van der Waals surface area contributed by atoms with Gasteiger partial charge < -0.3 is 24.6 Å². The third-order valence-electron chi connectivity index (χ3n) is 5.41. The molecular formula is C19H25FN4O5. The first-order valence-electron chi connectivity index (χ1n) is 9.31. The maximum atomic E-state index is 14.9. The normalized spacial score (nSPS) is 23.8. The first-order valence-corrected chi connectivity index (χ1v) is 9.31. The van der Waals surface area contributed by atoms with Gasteiger partial charge in [0.1, 0.15) is 5.82 Å². The summed E-state index contributed by atoms with van der Waals surface area (Å²) in [6.45, 7) is 4.49. The van der Waals surface area contributed by atoms with E-state index in [9.17, 15) is 18.8 Å². The fourth-order valence-electron chi connectivity index (χ4n) is 3.54. The highest BCUT2D eigenvalue weighted by Crippen LogP contribution is 2.31. The van der Waals surface area contributed by atoms with E-state index in [0.29, 0.717) is 24.5 Å².